The number of nitrogens with zero attached hydrogens (tertiary/aromatic N) is 2. The van der Waals surface area contributed by atoms with Crippen LogP contribution in [0.5, 0.6) is 0 Å². The number of ether oxygens (including phenoxy) is 2. The molecule has 1 aliphatic carbocycles. The van der Waals surface area contributed by atoms with Gasteiger partial charge in [-0.3, -0.25) is 14.4 Å². The minimum absolute atomic E-state index is 0.00737. The summed E-state index contributed by atoms with van der Waals surface area (Å²) in [6.07, 6.45) is 6.97. The Balaban J connectivity index is 1.47. The number of likely N-dealkylation sites (tertiary alicyclic amines) is 1. The van der Waals surface area contributed by atoms with Crippen molar-refractivity contribution in [3.05, 3.63) is 0 Å². The molecule has 9 heteroatoms. The number of piperidine rings is 1. The molecule has 0 spiro atoms. The molecule has 4 aliphatic rings. The third-order valence-corrected chi connectivity index (χ3v) is 7.02. The summed E-state index contributed by atoms with van der Waals surface area (Å²) in [7, 11) is 0. The van der Waals surface area contributed by atoms with Gasteiger partial charge in [-0.05, 0) is 25.2 Å². The SMILES string of the molecule is O=C1COC2CCCN(C(=O)C(=O)[C@H](CC3CCCCC3)NC(=O)N3CCOCC3)C12. The topological polar surface area (TPSA) is 105 Å². The number of ketones is 2. The van der Waals surface area contributed by atoms with Gasteiger partial charge in [0.25, 0.3) is 5.91 Å². The molecule has 4 fully saturated rings. The number of carbonyl (C=O) groups is 4. The molecule has 0 radical (unpaired) electrons. The van der Waals surface area contributed by atoms with Gasteiger partial charge in [0.1, 0.15) is 12.6 Å². The molecule has 9 nitrogen and oxygen atoms in total. The Morgan fingerprint density at radius 1 is 1.00 bits per heavy atom. The van der Waals surface area contributed by atoms with E-state index in [0.717, 1.165) is 25.7 Å². The molecule has 3 saturated heterocycles. The number of carbonyl (C=O) groups excluding carboxylic acids is 4. The average Bonchev–Trinajstić information content (AvgIpc) is 3.20. The fraction of sp³-hybridized carbons (Fsp3) is 0.818. The van der Waals surface area contributed by atoms with E-state index in [4.69, 9.17) is 9.47 Å². The average molecular weight is 436 g/mol. The lowest BCUT2D eigenvalue weighted by atomic mass is 9.83. The summed E-state index contributed by atoms with van der Waals surface area (Å²) in [5, 5.41) is 2.84. The molecular formula is C22H33N3O6. The van der Waals surface area contributed by atoms with Crippen LogP contribution < -0.4 is 5.32 Å². The number of Topliss-reactive ketones (excluding diaryl/α,β-unsaturated/α-hetero) is 2. The zero-order valence-electron chi connectivity index (χ0n) is 18.1. The largest absolute Gasteiger partial charge is 0.378 e. The van der Waals surface area contributed by atoms with Gasteiger partial charge in [0.2, 0.25) is 5.78 Å². The lowest BCUT2D eigenvalue weighted by Crippen LogP contribution is -2.58. The summed E-state index contributed by atoms with van der Waals surface area (Å²) in [4.78, 5) is 54.6. The number of fused-ring (bicyclic) bond motifs is 1. The van der Waals surface area contributed by atoms with Gasteiger partial charge in [-0.15, -0.1) is 0 Å². The van der Waals surface area contributed by atoms with Crippen molar-refractivity contribution < 1.29 is 28.7 Å². The number of rotatable bonds is 5. The minimum Gasteiger partial charge on any atom is -0.378 e. The maximum absolute atomic E-state index is 13.3. The molecule has 172 valence electrons. The first-order valence-electron chi connectivity index (χ1n) is 11.7. The smallest absolute Gasteiger partial charge is 0.318 e. The second-order valence-corrected chi connectivity index (χ2v) is 9.11. The van der Waals surface area contributed by atoms with E-state index < -0.39 is 23.8 Å². The summed E-state index contributed by atoms with van der Waals surface area (Å²) >= 11 is 0. The van der Waals surface area contributed by atoms with Gasteiger partial charge in [0.05, 0.1) is 25.4 Å². The quantitative estimate of drug-likeness (QED) is 0.643. The Labute approximate surface area is 182 Å². The summed E-state index contributed by atoms with van der Waals surface area (Å²) in [5.74, 6) is -1.12. The third kappa shape index (κ3) is 5.09. The minimum atomic E-state index is -0.872. The lowest BCUT2D eigenvalue weighted by molar-refractivity contribution is -0.150. The maximum Gasteiger partial charge on any atom is 0.318 e. The second-order valence-electron chi connectivity index (χ2n) is 9.11. The highest BCUT2D eigenvalue weighted by Gasteiger charge is 2.46. The molecule has 3 amide bonds. The fourth-order valence-electron chi connectivity index (χ4n) is 5.30. The van der Waals surface area contributed by atoms with E-state index in [2.05, 4.69) is 5.32 Å². The molecule has 2 unspecified atom stereocenters. The Bertz CT molecular complexity index is 701. The molecule has 3 aliphatic heterocycles. The van der Waals surface area contributed by atoms with Gasteiger partial charge in [0, 0.05) is 19.6 Å². The van der Waals surface area contributed by atoms with E-state index in [9.17, 15) is 19.2 Å². The molecule has 3 heterocycles. The normalized spacial score (nSPS) is 28.2. The van der Waals surface area contributed by atoms with Crippen LogP contribution in [0, 0.1) is 5.92 Å². The first kappa shape index (κ1) is 22.2. The van der Waals surface area contributed by atoms with Crippen molar-refractivity contribution in [3.63, 3.8) is 0 Å². The van der Waals surface area contributed by atoms with E-state index in [0.29, 0.717) is 58.0 Å². The van der Waals surface area contributed by atoms with Crippen LogP contribution in [0.15, 0.2) is 0 Å². The third-order valence-electron chi connectivity index (χ3n) is 7.02. The van der Waals surface area contributed by atoms with Crippen molar-refractivity contribution in [2.45, 2.75) is 69.6 Å². The van der Waals surface area contributed by atoms with Crippen molar-refractivity contribution in [3.8, 4) is 0 Å². The number of hydrogen-bond acceptors (Lipinski definition) is 6. The number of morpholine rings is 1. The second kappa shape index (κ2) is 10.1. The van der Waals surface area contributed by atoms with Gasteiger partial charge in [-0.25, -0.2) is 4.79 Å². The van der Waals surface area contributed by atoms with Crippen LogP contribution in [0.25, 0.3) is 0 Å². The van der Waals surface area contributed by atoms with Crippen molar-refractivity contribution in [2.75, 3.05) is 39.5 Å². The highest BCUT2D eigenvalue weighted by molar-refractivity contribution is 6.38. The molecular weight excluding hydrogens is 402 g/mol. The highest BCUT2D eigenvalue weighted by Crippen LogP contribution is 2.29. The Morgan fingerprint density at radius 3 is 2.48 bits per heavy atom. The standard InChI is InChI=1S/C22H33N3O6/c26-17-14-31-18-7-4-8-25(19(17)18)21(28)20(27)16(13-15-5-2-1-3-6-15)23-22(29)24-9-11-30-12-10-24/h15-16,18-19H,1-14H2,(H,23,29)/t16-,18?,19?/m0/s1. The maximum atomic E-state index is 13.3. The zero-order chi connectivity index (χ0) is 21.8. The summed E-state index contributed by atoms with van der Waals surface area (Å²) in [6, 6.07) is -1.87. The lowest BCUT2D eigenvalue weighted by Gasteiger charge is -2.36. The molecule has 0 aromatic carbocycles. The fourth-order valence-corrected chi connectivity index (χ4v) is 5.30. The van der Waals surface area contributed by atoms with E-state index >= 15 is 0 Å². The van der Waals surface area contributed by atoms with Crippen LogP contribution in [0.1, 0.15) is 51.4 Å². The molecule has 31 heavy (non-hydrogen) atoms. The van der Waals surface area contributed by atoms with Crippen LogP contribution >= 0.6 is 0 Å². The number of hydrogen-bond donors (Lipinski definition) is 1. The van der Waals surface area contributed by atoms with Crippen LogP contribution in [-0.2, 0) is 23.9 Å². The van der Waals surface area contributed by atoms with Crippen LogP contribution in [0.2, 0.25) is 0 Å². The molecule has 1 saturated carbocycles. The van der Waals surface area contributed by atoms with Crippen molar-refractivity contribution in [1.29, 1.82) is 0 Å². The molecule has 1 N–H and O–H groups in total. The van der Waals surface area contributed by atoms with Crippen LogP contribution in [-0.4, -0.2) is 90.9 Å². The van der Waals surface area contributed by atoms with Gasteiger partial charge in [0.15, 0.2) is 5.78 Å². The summed E-state index contributed by atoms with van der Waals surface area (Å²) < 4.78 is 10.8. The monoisotopic (exact) mass is 435 g/mol. The Hall–Kier alpha value is -2.00. The summed E-state index contributed by atoms with van der Waals surface area (Å²) in [5.41, 5.74) is 0. The molecule has 0 aromatic heterocycles. The zero-order valence-corrected chi connectivity index (χ0v) is 18.1. The molecule has 0 bridgehead atoms. The number of urea groups is 1. The van der Waals surface area contributed by atoms with Crippen LogP contribution in [0.3, 0.4) is 0 Å². The van der Waals surface area contributed by atoms with Gasteiger partial charge >= 0.3 is 6.03 Å². The van der Waals surface area contributed by atoms with Gasteiger partial charge in [-0.1, -0.05) is 32.1 Å². The van der Waals surface area contributed by atoms with E-state index in [-0.39, 0.29) is 24.5 Å². The predicted molar refractivity (Wildman–Crippen MR) is 110 cm³/mol. The van der Waals surface area contributed by atoms with Crippen molar-refractivity contribution >= 4 is 23.5 Å². The van der Waals surface area contributed by atoms with Gasteiger partial charge in [-0.2, -0.15) is 0 Å². The summed E-state index contributed by atoms with van der Waals surface area (Å²) in [6.45, 7) is 2.22. The first-order chi connectivity index (χ1) is 15.0. The number of amides is 3. The Kier molecular flexibility index (Phi) is 7.22. The van der Waals surface area contributed by atoms with E-state index in [1.807, 2.05) is 0 Å². The van der Waals surface area contributed by atoms with Crippen molar-refractivity contribution in [1.82, 2.24) is 15.1 Å². The Morgan fingerprint density at radius 2 is 1.74 bits per heavy atom. The predicted octanol–water partition coefficient (Wildman–Crippen LogP) is 0.895. The number of nitrogens with one attached hydrogen (secondary N) is 1. The molecule has 0 aromatic rings. The highest BCUT2D eigenvalue weighted by atomic mass is 16.5. The van der Waals surface area contributed by atoms with Crippen LogP contribution in [0.4, 0.5) is 4.79 Å². The van der Waals surface area contributed by atoms with E-state index in [1.165, 1.54) is 11.3 Å². The van der Waals surface area contributed by atoms with E-state index in [1.54, 1.807) is 4.90 Å². The molecule has 3 atom stereocenters. The molecule has 4 rings (SSSR count). The van der Waals surface area contributed by atoms with Gasteiger partial charge < -0.3 is 24.6 Å². The van der Waals surface area contributed by atoms with Crippen molar-refractivity contribution in [2.24, 2.45) is 5.92 Å². The first-order valence-corrected chi connectivity index (χ1v) is 11.7.